The SMILES string of the molecule is O=C(NCCc1cccc(Br)c1)Nc1ccc(-c2ccccc2)cc1. The van der Waals surface area contributed by atoms with Crippen molar-refractivity contribution >= 4 is 27.6 Å². The topological polar surface area (TPSA) is 41.1 Å². The molecule has 4 heteroatoms. The molecule has 0 saturated heterocycles. The number of anilines is 1. The molecule has 0 aromatic heterocycles. The second kappa shape index (κ2) is 8.49. The average molecular weight is 395 g/mol. The van der Waals surface area contributed by atoms with Crippen LogP contribution in [-0.4, -0.2) is 12.6 Å². The maximum Gasteiger partial charge on any atom is 0.319 e. The van der Waals surface area contributed by atoms with Crippen molar-refractivity contribution in [2.45, 2.75) is 6.42 Å². The van der Waals surface area contributed by atoms with Crippen molar-refractivity contribution in [2.75, 3.05) is 11.9 Å². The summed E-state index contributed by atoms with van der Waals surface area (Å²) in [5, 5.41) is 5.74. The summed E-state index contributed by atoms with van der Waals surface area (Å²) in [7, 11) is 0. The lowest BCUT2D eigenvalue weighted by Crippen LogP contribution is -2.30. The molecule has 2 amide bonds. The van der Waals surface area contributed by atoms with E-state index in [0.717, 1.165) is 27.7 Å². The Labute approximate surface area is 156 Å². The first-order valence-corrected chi connectivity index (χ1v) is 8.95. The third-order valence-electron chi connectivity index (χ3n) is 3.84. The second-order valence-corrected chi connectivity index (χ2v) is 6.62. The lowest BCUT2D eigenvalue weighted by Gasteiger charge is -2.09. The zero-order chi connectivity index (χ0) is 17.5. The van der Waals surface area contributed by atoms with Gasteiger partial charge in [-0.05, 0) is 47.4 Å². The first-order valence-electron chi connectivity index (χ1n) is 8.15. The monoisotopic (exact) mass is 394 g/mol. The molecule has 0 aliphatic carbocycles. The van der Waals surface area contributed by atoms with Gasteiger partial charge in [-0.15, -0.1) is 0 Å². The zero-order valence-electron chi connectivity index (χ0n) is 13.7. The summed E-state index contributed by atoms with van der Waals surface area (Å²) in [6, 6.07) is 25.9. The van der Waals surface area contributed by atoms with Gasteiger partial charge in [0.2, 0.25) is 0 Å². The van der Waals surface area contributed by atoms with Gasteiger partial charge in [0, 0.05) is 16.7 Å². The van der Waals surface area contributed by atoms with Crippen molar-refractivity contribution in [2.24, 2.45) is 0 Å². The van der Waals surface area contributed by atoms with Crippen LogP contribution in [0.3, 0.4) is 0 Å². The summed E-state index contributed by atoms with van der Waals surface area (Å²) in [4.78, 5) is 12.0. The zero-order valence-corrected chi connectivity index (χ0v) is 15.3. The molecule has 3 aromatic carbocycles. The van der Waals surface area contributed by atoms with Gasteiger partial charge in [0.15, 0.2) is 0 Å². The van der Waals surface area contributed by atoms with Crippen LogP contribution >= 0.6 is 15.9 Å². The van der Waals surface area contributed by atoms with E-state index in [2.05, 4.69) is 44.8 Å². The van der Waals surface area contributed by atoms with Crippen molar-refractivity contribution in [1.82, 2.24) is 5.32 Å². The van der Waals surface area contributed by atoms with Gasteiger partial charge in [0.1, 0.15) is 0 Å². The maximum atomic E-state index is 12.0. The Balaban J connectivity index is 1.49. The molecule has 0 aliphatic rings. The molecule has 3 aromatic rings. The molecule has 0 fully saturated rings. The molecule has 0 saturated carbocycles. The van der Waals surface area contributed by atoms with E-state index in [1.54, 1.807) is 0 Å². The molecule has 126 valence electrons. The molecule has 3 nitrogen and oxygen atoms in total. The highest BCUT2D eigenvalue weighted by atomic mass is 79.9. The van der Waals surface area contributed by atoms with Crippen LogP contribution in [-0.2, 0) is 6.42 Å². The Hall–Kier alpha value is -2.59. The Kier molecular flexibility index (Phi) is 5.86. The number of hydrogen-bond donors (Lipinski definition) is 2. The van der Waals surface area contributed by atoms with Crippen molar-refractivity contribution in [3.8, 4) is 11.1 Å². The van der Waals surface area contributed by atoms with E-state index in [0.29, 0.717) is 6.54 Å². The van der Waals surface area contributed by atoms with Gasteiger partial charge in [-0.3, -0.25) is 0 Å². The molecule has 3 rings (SSSR count). The number of rotatable bonds is 5. The number of carbonyl (C=O) groups excluding carboxylic acids is 1. The van der Waals surface area contributed by atoms with Crippen molar-refractivity contribution < 1.29 is 4.79 Å². The Morgan fingerprint density at radius 1 is 0.840 bits per heavy atom. The third-order valence-corrected chi connectivity index (χ3v) is 4.33. The lowest BCUT2D eigenvalue weighted by atomic mass is 10.1. The molecule has 0 atom stereocenters. The summed E-state index contributed by atoms with van der Waals surface area (Å²) in [6.45, 7) is 0.588. The number of urea groups is 1. The van der Waals surface area contributed by atoms with Crippen molar-refractivity contribution in [1.29, 1.82) is 0 Å². The normalized spacial score (nSPS) is 10.3. The van der Waals surface area contributed by atoms with Crippen LogP contribution in [0, 0.1) is 0 Å². The molecule has 0 unspecified atom stereocenters. The fraction of sp³-hybridized carbons (Fsp3) is 0.0952. The molecule has 0 bridgehead atoms. The molecule has 2 N–H and O–H groups in total. The van der Waals surface area contributed by atoms with Gasteiger partial charge >= 0.3 is 6.03 Å². The smallest absolute Gasteiger partial charge is 0.319 e. The number of amides is 2. The highest BCUT2D eigenvalue weighted by Crippen LogP contribution is 2.20. The van der Waals surface area contributed by atoms with E-state index in [9.17, 15) is 4.79 Å². The first-order chi connectivity index (χ1) is 12.2. The number of hydrogen-bond acceptors (Lipinski definition) is 1. The van der Waals surface area contributed by atoms with E-state index < -0.39 is 0 Å². The van der Waals surface area contributed by atoms with Crippen LogP contribution in [0.25, 0.3) is 11.1 Å². The van der Waals surface area contributed by atoms with E-state index in [1.165, 1.54) is 5.56 Å². The van der Waals surface area contributed by atoms with Gasteiger partial charge in [0.05, 0.1) is 0 Å². The van der Waals surface area contributed by atoms with Gasteiger partial charge in [-0.2, -0.15) is 0 Å². The molecule has 25 heavy (non-hydrogen) atoms. The highest BCUT2D eigenvalue weighted by molar-refractivity contribution is 9.10. The van der Waals surface area contributed by atoms with Gasteiger partial charge in [0.25, 0.3) is 0 Å². The fourth-order valence-corrected chi connectivity index (χ4v) is 3.01. The van der Waals surface area contributed by atoms with Crippen molar-refractivity contribution in [3.63, 3.8) is 0 Å². The quantitative estimate of drug-likeness (QED) is 0.590. The number of halogens is 1. The summed E-state index contributed by atoms with van der Waals surface area (Å²) in [5.74, 6) is 0. The minimum Gasteiger partial charge on any atom is -0.338 e. The Morgan fingerprint density at radius 2 is 1.56 bits per heavy atom. The summed E-state index contributed by atoms with van der Waals surface area (Å²) >= 11 is 3.45. The van der Waals surface area contributed by atoms with Crippen LogP contribution in [0.2, 0.25) is 0 Å². The Morgan fingerprint density at radius 3 is 2.28 bits per heavy atom. The fourth-order valence-electron chi connectivity index (χ4n) is 2.56. The van der Waals surface area contributed by atoms with Crippen molar-refractivity contribution in [3.05, 3.63) is 88.9 Å². The standard InChI is InChI=1S/C21H19BrN2O/c22-19-8-4-5-16(15-19)13-14-23-21(25)24-20-11-9-18(10-12-20)17-6-2-1-3-7-17/h1-12,15H,13-14H2,(H2,23,24,25). The van der Waals surface area contributed by atoms with Gasteiger partial charge in [-0.1, -0.05) is 70.5 Å². The third kappa shape index (κ3) is 5.19. The van der Waals surface area contributed by atoms with Crippen LogP contribution in [0.15, 0.2) is 83.3 Å². The van der Waals surface area contributed by atoms with E-state index >= 15 is 0 Å². The van der Waals surface area contributed by atoms with Gasteiger partial charge < -0.3 is 10.6 Å². The Bertz CT molecular complexity index is 832. The van der Waals surface area contributed by atoms with Crippen LogP contribution in [0.4, 0.5) is 10.5 Å². The molecular formula is C21H19BrN2O. The maximum absolute atomic E-state index is 12.0. The minimum atomic E-state index is -0.192. The molecule has 0 heterocycles. The predicted molar refractivity (Wildman–Crippen MR) is 107 cm³/mol. The minimum absolute atomic E-state index is 0.192. The van der Waals surface area contributed by atoms with Crippen LogP contribution in [0.5, 0.6) is 0 Å². The number of benzene rings is 3. The largest absolute Gasteiger partial charge is 0.338 e. The van der Waals surface area contributed by atoms with E-state index in [4.69, 9.17) is 0 Å². The molecule has 0 aliphatic heterocycles. The van der Waals surface area contributed by atoms with E-state index in [1.807, 2.05) is 60.7 Å². The van der Waals surface area contributed by atoms with Crippen LogP contribution < -0.4 is 10.6 Å². The average Bonchev–Trinajstić information content (AvgIpc) is 2.63. The van der Waals surface area contributed by atoms with Crippen LogP contribution in [0.1, 0.15) is 5.56 Å². The summed E-state index contributed by atoms with van der Waals surface area (Å²) < 4.78 is 1.05. The summed E-state index contributed by atoms with van der Waals surface area (Å²) in [5.41, 5.74) is 4.25. The van der Waals surface area contributed by atoms with E-state index in [-0.39, 0.29) is 6.03 Å². The summed E-state index contributed by atoms with van der Waals surface area (Å²) in [6.07, 6.45) is 0.791. The molecule has 0 radical (unpaired) electrons. The molecular weight excluding hydrogens is 376 g/mol. The molecule has 0 spiro atoms. The van der Waals surface area contributed by atoms with Gasteiger partial charge in [-0.25, -0.2) is 4.79 Å². The highest BCUT2D eigenvalue weighted by Gasteiger charge is 2.03. The lowest BCUT2D eigenvalue weighted by molar-refractivity contribution is 0.252. The second-order valence-electron chi connectivity index (χ2n) is 5.70. The first kappa shape index (κ1) is 17.2. The predicted octanol–water partition coefficient (Wildman–Crippen LogP) is 5.48. The number of carbonyl (C=O) groups is 1. The number of nitrogens with one attached hydrogen (secondary N) is 2.